The van der Waals surface area contributed by atoms with E-state index >= 15 is 0 Å². The van der Waals surface area contributed by atoms with Crippen LogP contribution in [0.1, 0.15) is 40.3 Å². The molecule has 2 aromatic carbocycles. The van der Waals surface area contributed by atoms with E-state index in [0.29, 0.717) is 31.0 Å². The zero-order valence-corrected chi connectivity index (χ0v) is 15.8. The highest BCUT2D eigenvalue weighted by molar-refractivity contribution is 5.94. The molecule has 1 unspecified atom stereocenters. The molecule has 7 heteroatoms. The summed E-state index contributed by atoms with van der Waals surface area (Å²) in [5, 5.41) is 4.48. The van der Waals surface area contributed by atoms with Gasteiger partial charge in [0.2, 0.25) is 0 Å². The minimum absolute atomic E-state index is 0.174. The van der Waals surface area contributed by atoms with Gasteiger partial charge >= 0.3 is 5.69 Å². The van der Waals surface area contributed by atoms with Crippen molar-refractivity contribution < 1.29 is 9.18 Å². The van der Waals surface area contributed by atoms with Gasteiger partial charge in [-0.15, -0.1) is 0 Å². The van der Waals surface area contributed by atoms with Crippen molar-refractivity contribution in [2.24, 2.45) is 0 Å². The van der Waals surface area contributed by atoms with E-state index in [9.17, 15) is 14.0 Å². The molecule has 0 spiro atoms. The molecule has 28 heavy (non-hydrogen) atoms. The van der Waals surface area contributed by atoms with Crippen molar-refractivity contribution in [2.75, 3.05) is 6.54 Å². The van der Waals surface area contributed by atoms with E-state index in [0.717, 1.165) is 5.56 Å². The Morgan fingerprint density at radius 1 is 1.18 bits per heavy atom. The van der Waals surface area contributed by atoms with E-state index in [1.807, 2.05) is 37.3 Å². The third kappa shape index (κ3) is 2.93. The van der Waals surface area contributed by atoms with E-state index in [2.05, 4.69) is 5.10 Å². The molecule has 1 aliphatic rings. The monoisotopic (exact) mass is 380 g/mol. The van der Waals surface area contributed by atoms with Gasteiger partial charge in [0, 0.05) is 25.2 Å². The van der Waals surface area contributed by atoms with Crippen LogP contribution in [-0.4, -0.2) is 31.7 Å². The summed E-state index contributed by atoms with van der Waals surface area (Å²) in [5.41, 5.74) is 1.46. The molecule has 0 aliphatic carbocycles. The number of nitrogens with zero attached hydrogens (tertiary/aromatic N) is 4. The highest BCUT2D eigenvalue weighted by atomic mass is 19.1. The molecule has 1 atom stereocenters. The predicted molar refractivity (Wildman–Crippen MR) is 103 cm³/mol. The van der Waals surface area contributed by atoms with Crippen LogP contribution in [0.15, 0.2) is 53.3 Å². The quantitative estimate of drug-likeness (QED) is 0.702. The van der Waals surface area contributed by atoms with Crippen LogP contribution < -0.4 is 5.69 Å². The van der Waals surface area contributed by atoms with Gasteiger partial charge in [0.25, 0.3) is 5.91 Å². The summed E-state index contributed by atoms with van der Waals surface area (Å²) >= 11 is 0. The molecule has 3 aromatic rings. The first kappa shape index (κ1) is 18.2. The number of fused-ring (bicyclic) bond motifs is 1. The van der Waals surface area contributed by atoms with Crippen LogP contribution in [0, 0.1) is 12.7 Å². The fourth-order valence-electron chi connectivity index (χ4n) is 3.63. The average molecular weight is 380 g/mol. The number of aryl methyl sites for hydroxylation is 2. The molecule has 0 fully saturated rings. The van der Waals surface area contributed by atoms with Crippen LogP contribution >= 0.6 is 0 Å². The Kier molecular flexibility index (Phi) is 4.58. The Morgan fingerprint density at radius 2 is 1.93 bits per heavy atom. The van der Waals surface area contributed by atoms with E-state index in [4.69, 9.17) is 0 Å². The number of benzene rings is 2. The minimum Gasteiger partial charge on any atom is -0.322 e. The van der Waals surface area contributed by atoms with Crippen LogP contribution in [0.25, 0.3) is 0 Å². The number of carbonyl (C=O) groups is 1. The lowest BCUT2D eigenvalue weighted by molar-refractivity contribution is 0.0656. The zero-order chi connectivity index (χ0) is 19.8. The summed E-state index contributed by atoms with van der Waals surface area (Å²) in [7, 11) is 0. The highest BCUT2D eigenvalue weighted by Crippen LogP contribution is 2.31. The lowest BCUT2D eigenvalue weighted by Crippen LogP contribution is -2.44. The van der Waals surface area contributed by atoms with Crippen molar-refractivity contribution in [3.8, 4) is 0 Å². The second kappa shape index (κ2) is 7.07. The summed E-state index contributed by atoms with van der Waals surface area (Å²) in [5.74, 6) is -0.158. The van der Waals surface area contributed by atoms with Gasteiger partial charge in [-0.2, -0.15) is 5.10 Å². The molecule has 144 valence electrons. The summed E-state index contributed by atoms with van der Waals surface area (Å²) in [6, 6.07) is 13.5. The first-order valence-electron chi connectivity index (χ1n) is 9.31. The van der Waals surface area contributed by atoms with Gasteiger partial charge in [-0.25, -0.2) is 13.9 Å². The predicted octanol–water partition coefficient (Wildman–Crippen LogP) is 2.76. The molecule has 0 saturated heterocycles. The molecule has 1 aliphatic heterocycles. The summed E-state index contributed by atoms with van der Waals surface area (Å²) in [4.78, 5) is 27.5. The Hall–Kier alpha value is -3.22. The molecule has 0 bridgehead atoms. The Labute approximate surface area is 161 Å². The average Bonchev–Trinajstić information content (AvgIpc) is 3.05. The van der Waals surface area contributed by atoms with Gasteiger partial charge in [0.15, 0.2) is 5.82 Å². The van der Waals surface area contributed by atoms with Crippen molar-refractivity contribution in [3.63, 3.8) is 0 Å². The van der Waals surface area contributed by atoms with Crippen molar-refractivity contribution in [1.29, 1.82) is 0 Å². The molecular weight excluding hydrogens is 359 g/mol. The van der Waals surface area contributed by atoms with Gasteiger partial charge in [0.1, 0.15) is 11.9 Å². The Morgan fingerprint density at radius 3 is 2.61 bits per heavy atom. The maximum atomic E-state index is 14.0. The highest BCUT2D eigenvalue weighted by Gasteiger charge is 2.36. The van der Waals surface area contributed by atoms with Crippen LogP contribution in [0.3, 0.4) is 0 Å². The number of hydrogen-bond acceptors (Lipinski definition) is 3. The number of rotatable bonds is 3. The van der Waals surface area contributed by atoms with E-state index in [1.54, 1.807) is 28.5 Å². The number of hydrogen-bond donors (Lipinski definition) is 0. The molecule has 0 saturated carbocycles. The van der Waals surface area contributed by atoms with E-state index in [-0.39, 0.29) is 17.2 Å². The zero-order valence-electron chi connectivity index (χ0n) is 15.8. The van der Waals surface area contributed by atoms with Gasteiger partial charge in [-0.05, 0) is 37.1 Å². The summed E-state index contributed by atoms with van der Waals surface area (Å²) in [6.45, 7) is 4.68. The molecular formula is C21H21FN4O2. The molecule has 4 rings (SSSR count). The number of amides is 1. The molecule has 1 aromatic heterocycles. The topological polar surface area (TPSA) is 60.1 Å². The number of halogens is 1. The summed E-state index contributed by atoms with van der Waals surface area (Å²) in [6.07, 6.45) is 0. The smallest absolute Gasteiger partial charge is 0.322 e. The molecule has 6 nitrogen and oxygen atoms in total. The van der Waals surface area contributed by atoms with Gasteiger partial charge < -0.3 is 4.90 Å². The molecule has 1 amide bonds. The van der Waals surface area contributed by atoms with Gasteiger partial charge in [-0.3, -0.25) is 9.36 Å². The first-order valence-corrected chi connectivity index (χ1v) is 9.31. The first-order chi connectivity index (χ1) is 13.5. The maximum Gasteiger partial charge on any atom is 0.346 e. The van der Waals surface area contributed by atoms with Crippen LogP contribution in [-0.2, 0) is 13.1 Å². The summed E-state index contributed by atoms with van der Waals surface area (Å²) < 4.78 is 17.1. The minimum atomic E-state index is -0.507. The maximum absolute atomic E-state index is 14.0. The van der Waals surface area contributed by atoms with E-state index in [1.165, 1.54) is 10.7 Å². The molecule has 2 heterocycles. The van der Waals surface area contributed by atoms with Crippen LogP contribution in [0.5, 0.6) is 0 Å². The Balaban J connectivity index is 1.83. The third-order valence-corrected chi connectivity index (χ3v) is 5.17. The van der Waals surface area contributed by atoms with Crippen molar-refractivity contribution in [2.45, 2.75) is 33.0 Å². The standard InChI is InChI=1S/C21H21FN4O2/c1-3-26-21(28)25-12-11-24(20(27)16-10-9-14(2)17(22)13-16)18(19(25)23-26)15-7-5-4-6-8-15/h4-10,13,18H,3,11-12H2,1-2H3. The van der Waals surface area contributed by atoms with Crippen molar-refractivity contribution in [3.05, 3.63) is 87.3 Å². The fraction of sp³-hybridized carbons (Fsp3) is 0.286. The number of carbonyl (C=O) groups excluding carboxylic acids is 1. The lowest BCUT2D eigenvalue weighted by atomic mass is 10.0. The van der Waals surface area contributed by atoms with Crippen LogP contribution in [0.4, 0.5) is 4.39 Å². The van der Waals surface area contributed by atoms with E-state index < -0.39 is 11.9 Å². The SMILES string of the molecule is CCn1nc2n(c1=O)CCN(C(=O)c1ccc(C)c(F)c1)C2c1ccccc1. The van der Waals surface area contributed by atoms with Gasteiger partial charge in [-0.1, -0.05) is 36.4 Å². The van der Waals surface area contributed by atoms with Gasteiger partial charge in [0.05, 0.1) is 0 Å². The second-order valence-electron chi connectivity index (χ2n) is 6.88. The largest absolute Gasteiger partial charge is 0.346 e. The fourth-order valence-corrected chi connectivity index (χ4v) is 3.63. The van der Waals surface area contributed by atoms with Crippen LogP contribution in [0.2, 0.25) is 0 Å². The Bertz CT molecular complexity index is 1090. The van der Waals surface area contributed by atoms with Crippen molar-refractivity contribution in [1.82, 2.24) is 19.2 Å². The van der Waals surface area contributed by atoms with Crippen molar-refractivity contribution >= 4 is 5.91 Å². The second-order valence-corrected chi connectivity index (χ2v) is 6.88. The normalized spacial score (nSPS) is 16.1. The molecule has 0 radical (unpaired) electrons. The third-order valence-electron chi connectivity index (χ3n) is 5.17. The molecule has 0 N–H and O–H groups in total. The lowest BCUT2D eigenvalue weighted by Gasteiger charge is -2.35. The number of aromatic nitrogens is 3.